The summed E-state index contributed by atoms with van der Waals surface area (Å²) >= 11 is 6.50. The lowest BCUT2D eigenvalue weighted by Gasteiger charge is -2.13. The van der Waals surface area contributed by atoms with Crippen LogP contribution >= 0.6 is 22.9 Å². The van der Waals surface area contributed by atoms with Crippen molar-refractivity contribution in [2.24, 2.45) is 0 Å². The van der Waals surface area contributed by atoms with Crippen molar-refractivity contribution in [3.63, 3.8) is 0 Å². The molecule has 0 atom stereocenters. The van der Waals surface area contributed by atoms with E-state index in [1.54, 1.807) is 6.07 Å². The molecule has 29 heavy (non-hydrogen) atoms. The first-order valence-corrected chi connectivity index (χ1v) is 10.2. The van der Waals surface area contributed by atoms with Crippen LogP contribution in [0.4, 0.5) is 15.8 Å². The number of nitrogens with one attached hydrogen (secondary N) is 2. The van der Waals surface area contributed by atoms with Crippen molar-refractivity contribution in [2.45, 2.75) is 19.8 Å². The van der Waals surface area contributed by atoms with Crippen molar-refractivity contribution in [2.75, 3.05) is 17.2 Å². The smallest absolute Gasteiger partial charge is 0.364 e. The van der Waals surface area contributed by atoms with Gasteiger partial charge in [-0.1, -0.05) is 55.3 Å². The first-order valence-electron chi connectivity index (χ1n) is 9.05. The Morgan fingerprint density at radius 3 is 2.66 bits per heavy atom. The molecule has 0 aliphatic rings. The highest BCUT2D eigenvalue weighted by molar-refractivity contribution is 7.19. The molecule has 1 heterocycles. The maximum atomic E-state index is 12.9. The van der Waals surface area contributed by atoms with Crippen LogP contribution in [0.15, 0.2) is 48.5 Å². The van der Waals surface area contributed by atoms with E-state index in [0.29, 0.717) is 5.56 Å². The molecule has 2 aromatic carbocycles. The predicted octanol–water partition coefficient (Wildman–Crippen LogP) is 5.84. The fourth-order valence-electron chi connectivity index (χ4n) is 2.74. The standard InChI is InChI=1S/C20H19ClN4O3S/c1-2-3-11-22-14-9-10-15(16(12-14)13-7-5-4-6-8-13)18(26)24-20-23-17(21)19(29-20)25(27)28/h4-10,12,22H,2-3,11H2,1H3,(H,23,24,26). The highest BCUT2D eigenvalue weighted by atomic mass is 35.5. The molecule has 7 nitrogen and oxygen atoms in total. The molecular formula is C20H19ClN4O3S. The second-order valence-electron chi connectivity index (χ2n) is 6.23. The molecule has 150 valence electrons. The first-order chi connectivity index (χ1) is 14.0. The number of nitrogens with zero attached hydrogens (tertiary/aromatic N) is 2. The molecule has 0 saturated carbocycles. The van der Waals surface area contributed by atoms with Gasteiger partial charge in [0.1, 0.15) is 0 Å². The lowest BCUT2D eigenvalue weighted by molar-refractivity contribution is -0.380. The van der Waals surface area contributed by atoms with Crippen LogP contribution in [0.2, 0.25) is 5.15 Å². The van der Waals surface area contributed by atoms with E-state index < -0.39 is 10.8 Å². The monoisotopic (exact) mass is 430 g/mol. The van der Waals surface area contributed by atoms with E-state index in [0.717, 1.165) is 47.5 Å². The van der Waals surface area contributed by atoms with Crippen LogP contribution < -0.4 is 10.6 Å². The fourth-order valence-corrected chi connectivity index (χ4v) is 3.73. The third kappa shape index (κ3) is 5.10. The fraction of sp³-hybridized carbons (Fsp3) is 0.200. The Morgan fingerprint density at radius 2 is 2.00 bits per heavy atom. The van der Waals surface area contributed by atoms with Crippen LogP contribution in [-0.2, 0) is 0 Å². The molecule has 0 spiro atoms. The van der Waals surface area contributed by atoms with E-state index in [2.05, 4.69) is 22.5 Å². The molecule has 0 aliphatic carbocycles. The van der Waals surface area contributed by atoms with Crippen molar-refractivity contribution >= 4 is 44.7 Å². The van der Waals surface area contributed by atoms with E-state index >= 15 is 0 Å². The van der Waals surface area contributed by atoms with Gasteiger partial charge in [0.15, 0.2) is 5.13 Å². The van der Waals surface area contributed by atoms with Gasteiger partial charge in [-0.3, -0.25) is 20.2 Å². The van der Waals surface area contributed by atoms with Gasteiger partial charge >= 0.3 is 5.00 Å². The van der Waals surface area contributed by atoms with Crippen LogP contribution in [-0.4, -0.2) is 22.4 Å². The van der Waals surface area contributed by atoms with Crippen LogP contribution in [0.3, 0.4) is 0 Å². The Labute approximate surface area is 176 Å². The number of hydrogen-bond acceptors (Lipinski definition) is 6. The third-order valence-corrected chi connectivity index (χ3v) is 5.46. The van der Waals surface area contributed by atoms with E-state index in [9.17, 15) is 14.9 Å². The predicted molar refractivity (Wildman–Crippen MR) is 117 cm³/mol. The van der Waals surface area contributed by atoms with Gasteiger partial charge in [0.2, 0.25) is 5.15 Å². The Morgan fingerprint density at radius 1 is 1.24 bits per heavy atom. The Kier molecular flexibility index (Phi) is 6.79. The van der Waals surface area contributed by atoms with Crippen LogP contribution in [0, 0.1) is 10.1 Å². The molecule has 3 rings (SSSR count). The van der Waals surface area contributed by atoms with E-state index in [1.165, 1.54) is 0 Å². The molecule has 0 unspecified atom stereocenters. The third-order valence-electron chi connectivity index (χ3n) is 4.16. The zero-order valence-electron chi connectivity index (χ0n) is 15.6. The topological polar surface area (TPSA) is 97.2 Å². The SMILES string of the molecule is CCCCNc1ccc(C(=O)Nc2nc(Cl)c([N+](=O)[O-])s2)c(-c2ccccc2)c1. The summed E-state index contributed by atoms with van der Waals surface area (Å²) in [5.74, 6) is -0.413. The van der Waals surface area contributed by atoms with Crippen LogP contribution in [0.25, 0.3) is 11.1 Å². The summed E-state index contributed by atoms with van der Waals surface area (Å²) in [6, 6.07) is 15.1. The highest BCUT2D eigenvalue weighted by Crippen LogP contribution is 2.35. The molecule has 0 fully saturated rings. The number of amides is 1. The minimum absolute atomic E-state index is 0.0795. The summed E-state index contributed by atoms with van der Waals surface area (Å²) in [6.07, 6.45) is 2.13. The lowest BCUT2D eigenvalue weighted by atomic mass is 9.98. The van der Waals surface area contributed by atoms with Crippen molar-refractivity contribution in [3.05, 3.63) is 69.4 Å². The van der Waals surface area contributed by atoms with Crippen molar-refractivity contribution in [3.8, 4) is 11.1 Å². The maximum absolute atomic E-state index is 12.9. The summed E-state index contributed by atoms with van der Waals surface area (Å²) < 4.78 is 0. The number of carbonyl (C=O) groups excluding carboxylic acids is 1. The summed E-state index contributed by atoms with van der Waals surface area (Å²) in [7, 11) is 0. The van der Waals surface area contributed by atoms with Gasteiger partial charge in [-0.2, -0.15) is 0 Å². The molecule has 3 aromatic rings. The van der Waals surface area contributed by atoms with Crippen molar-refractivity contribution in [1.29, 1.82) is 0 Å². The van der Waals surface area contributed by atoms with Crippen LogP contribution in [0.5, 0.6) is 0 Å². The molecule has 0 bridgehead atoms. The van der Waals surface area contributed by atoms with Gasteiger partial charge in [-0.15, -0.1) is 0 Å². The summed E-state index contributed by atoms with van der Waals surface area (Å²) in [5.41, 5.74) is 3.00. The molecule has 2 N–H and O–H groups in total. The van der Waals surface area contributed by atoms with Gasteiger partial charge in [0.05, 0.1) is 4.92 Å². The molecule has 0 radical (unpaired) electrons. The number of aromatic nitrogens is 1. The zero-order chi connectivity index (χ0) is 20.8. The minimum atomic E-state index is -0.623. The number of halogens is 1. The molecule has 0 saturated heterocycles. The second kappa shape index (κ2) is 9.49. The zero-order valence-corrected chi connectivity index (χ0v) is 17.2. The number of benzene rings is 2. The molecular weight excluding hydrogens is 412 g/mol. The average molecular weight is 431 g/mol. The Balaban J connectivity index is 1.91. The van der Waals surface area contributed by atoms with Gasteiger partial charge in [0, 0.05) is 17.8 Å². The number of hydrogen-bond donors (Lipinski definition) is 2. The average Bonchev–Trinajstić information content (AvgIpc) is 3.09. The summed E-state index contributed by atoms with van der Waals surface area (Å²) in [4.78, 5) is 27.1. The Bertz CT molecular complexity index is 1020. The van der Waals surface area contributed by atoms with E-state index in [4.69, 9.17) is 11.6 Å². The van der Waals surface area contributed by atoms with Crippen molar-refractivity contribution in [1.82, 2.24) is 4.98 Å². The Hall–Kier alpha value is -2.97. The maximum Gasteiger partial charge on any atom is 0.364 e. The normalized spacial score (nSPS) is 10.6. The van der Waals surface area contributed by atoms with Crippen LogP contribution in [0.1, 0.15) is 30.1 Å². The molecule has 1 aromatic heterocycles. The number of carbonyl (C=O) groups is 1. The van der Waals surface area contributed by atoms with Gasteiger partial charge < -0.3 is 5.32 Å². The van der Waals surface area contributed by atoms with Crippen molar-refractivity contribution < 1.29 is 9.72 Å². The lowest BCUT2D eigenvalue weighted by Crippen LogP contribution is -2.13. The highest BCUT2D eigenvalue weighted by Gasteiger charge is 2.22. The van der Waals surface area contributed by atoms with Gasteiger partial charge in [-0.25, -0.2) is 4.98 Å². The number of nitro groups is 1. The number of thiazole rings is 1. The van der Waals surface area contributed by atoms with Gasteiger partial charge in [-0.05, 0) is 47.1 Å². The summed E-state index contributed by atoms with van der Waals surface area (Å²) in [5, 5.41) is 16.5. The van der Waals surface area contributed by atoms with Gasteiger partial charge in [0.25, 0.3) is 5.91 Å². The number of unbranched alkanes of at least 4 members (excludes halogenated alkanes) is 1. The van der Waals surface area contributed by atoms with E-state index in [1.807, 2.05) is 42.5 Å². The first kappa shape index (κ1) is 20.8. The molecule has 1 amide bonds. The number of rotatable bonds is 8. The minimum Gasteiger partial charge on any atom is -0.385 e. The molecule has 9 heteroatoms. The summed E-state index contributed by atoms with van der Waals surface area (Å²) in [6.45, 7) is 2.97. The molecule has 0 aliphatic heterocycles. The quantitative estimate of drug-likeness (QED) is 0.266. The largest absolute Gasteiger partial charge is 0.385 e. The number of anilines is 2. The van der Waals surface area contributed by atoms with E-state index in [-0.39, 0.29) is 15.3 Å². The second-order valence-corrected chi connectivity index (χ2v) is 7.57.